The fraction of sp³-hybridized carbons (Fsp3) is 0.190. The third kappa shape index (κ3) is 3.02. The molecule has 29 heavy (non-hydrogen) atoms. The summed E-state index contributed by atoms with van der Waals surface area (Å²) in [6.07, 6.45) is 5.49. The Kier molecular flexibility index (Phi) is 4.06. The second kappa shape index (κ2) is 6.87. The van der Waals surface area contributed by atoms with Crippen molar-refractivity contribution in [1.82, 2.24) is 15.0 Å². The van der Waals surface area contributed by atoms with Crippen molar-refractivity contribution in [2.24, 2.45) is 0 Å². The van der Waals surface area contributed by atoms with Crippen molar-refractivity contribution in [2.45, 2.75) is 12.5 Å². The first-order valence-electron chi connectivity index (χ1n) is 9.36. The van der Waals surface area contributed by atoms with Gasteiger partial charge in [-0.1, -0.05) is 12.1 Å². The fourth-order valence-corrected chi connectivity index (χ4v) is 3.91. The average molecular weight is 383 g/mol. The normalized spacial score (nSPS) is 16.9. The third-order valence-electron chi connectivity index (χ3n) is 5.26. The molecule has 1 atom stereocenters. The summed E-state index contributed by atoms with van der Waals surface area (Å²) < 4.78 is 0. The third-order valence-corrected chi connectivity index (χ3v) is 5.26. The van der Waals surface area contributed by atoms with Crippen LogP contribution in [0.5, 0.6) is 0 Å². The molecule has 2 bridgehead atoms. The Bertz CT molecular complexity index is 1130. The molecule has 0 saturated carbocycles. The number of nitriles is 1. The zero-order valence-electron chi connectivity index (χ0n) is 15.5. The first-order valence-corrected chi connectivity index (χ1v) is 9.36. The number of fused-ring (bicyclic) bond motifs is 4. The highest BCUT2D eigenvalue weighted by atomic mass is 16.2. The molecule has 1 saturated heterocycles. The van der Waals surface area contributed by atoms with Crippen LogP contribution in [0.4, 0.5) is 22.1 Å². The van der Waals surface area contributed by atoms with Crippen LogP contribution in [0.2, 0.25) is 0 Å². The first-order chi connectivity index (χ1) is 14.2. The Hall–Kier alpha value is -3.99. The van der Waals surface area contributed by atoms with Crippen LogP contribution in [0.15, 0.2) is 55.0 Å². The molecular weight excluding hydrogens is 366 g/mol. The van der Waals surface area contributed by atoms with Crippen LogP contribution in [-0.2, 0) is 0 Å². The molecule has 142 valence electrons. The molecule has 0 spiro atoms. The summed E-state index contributed by atoms with van der Waals surface area (Å²) in [4.78, 5) is 30.1. The maximum absolute atomic E-state index is 13.1. The molecule has 2 aromatic heterocycles. The van der Waals surface area contributed by atoms with Crippen LogP contribution in [-0.4, -0.2) is 40.1 Å². The van der Waals surface area contributed by atoms with Crippen LogP contribution >= 0.6 is 0 Å². The summed E-state index contributed by atoms with van der Waals surface area (Å²) >= 11 is 0. The minimum absolute atomic E-state index is 0.0485. The summed E-state index contributed by atoms with van der Waals surface area (Å²) in [5.41, 5.74) is 3.08. The summed E-state index contributed by atoms with van der Waals surface area (Å²) in [5.74, 6) is 1.03. The summed E-state index contributed by atoms with van der Waals surface area (Å²) in [6.45, 7) is 1.67. The predicted octanol–water partition coefficient (Wildman–Crippen LogP) is 3.04. The number of carbonyl (C=O) groups is 1. The highest BCUT2D eigenvalue weighted by molar-refractivity contribution is 6.04. The topological polar surface area (TPSA) is 98.0 Å². The summed E-state index contributed by atoms with van der Waals surface area (Å²) in [7, 11) is 0. The molecule has 2 aliphatic rings. The largest absolute Gasteiger partial charge is 0.366 e. The van der Waals surface area contributed by atoms with Crippen molar-refractivity contribution in [3.8, 4) is 17.3 Å². The zero-order valence-corrected chi connectivity index (χ0v) is 15.5. The van der Waals surface area contributed by atoms with Gasteiger partial charge in [-0.05, 0) is 30.7 Å². The molecule has 0 unspecified atom stereocenters. The number of nitrogens with one attached hydrogen (secondary N) is 1. The lowest BCUT2D eigenvalue weighted by atomic mass is 10.1. The van der Waals surface area contributed by atoms with Gasteiger partial charge in [-0.3, -0.25) is 15.2 Å². The number of anilines is 3. The monoisotopic (exact) mass is 383 g/mol. The molecule has 3 aromatic rings. The smallest absolute Gasteiger partial charge is 0.329 e. The Morgan fingerprint density at radius 3 is 3.00 bits per heavy atom. The van der Waals surface area contributed by atoms with E-state index in [1.165, 1.54) is 12.4 Å². The van der Waals surface area contributed by atoms with E-state index < -0.39 is 0 Å². The van der Waals surface area contributed by atoms with Gasteiger partial charge in [-0.15, -0.1) is 0 Å². The van der Waals surface area contributed by atoms with Gasteiger partial charge in [0.25, 0.3) is 0 Å². The average Bonchev–Trinajstić information content (AvgIpc) is 3.18. The number of pyridine rings is 1. The van der Waals surface area contributed by atoms with E-state index in [-0.39, 0.29) is 12.1 Å². The van der Waals surface area contributed by atoms with Crippen LogP contribution in [0.1, 0.15) is 12.0 Å². The van der Waals surface area contributed by atoms with Gasteiger partial charge in [0, 0.05) is 31.0 Å². The van der Waals surface area contributed by atoms with Gasteiger partial charge >= 0.3 is 6.03 Å². The van der Waals surface area contributed by atoms with Gasteiger partial charge in [0.15, 0.2) is 11.6 Å². The number of nitrogens with zero attached hydrogens (tertiary/aromatic N) is 6. The number of carbonyl (C=O) groups excluding carboxylic acids is 1. The van der Waals surface area contributed by atoms with Gasteiger partial charge in [-0.2, -0.15) is 5.26 Å². The Labute approximate surface area is 167 Å². The van der Waals surface area contributed by atoms with E-state index in [4.69, 9.17) is 4.98 Å². The number of benzene rings is 1. The minimum Gasteiger partial charge on any atom is -0.366 e. The van der Waals surface area contributed by atoms with Crippen molar-refractivity contribution in [1.29, 1.82) is 5.26 Å². The molecular formula is C21H17N7O. The highest BCUT2D eigenvalue weighted by Gasteiger charge is 2.40. The Morgan fingerprint density at radius 2 is 2.17 bits per heavy atom. The van der Waals surface area contributed by atoms with Crippen molar-refractivity contribution in [3.63, 3.8) is 0 Å². The van der Waals surface area contributed by atoms with Crippen LogP contribution in [0, 0.1) is 11.3 Å². The van der Waals surface area contributed by atoms with E-state index in [2.05, 4.69) is 26.3 Å². The molecule has 0 radical (unpaired) electrons. The van der Waals surface area contributed by atoms with Crippen molar-refractivity contribution in [3.05, 3.63) is 60.6 Å². The molecule has 0 aliphatic carbocycles. The predicted molar refractivity (Wildman–Crippen MR) is 109 cm³/mol. The van der Waals surface area contributed by atoms with Crippen LogP contribution < -0.4 is 15.1 Å². The molecule has 8 heteroatoms. The van der Waals surface area contributed by atoms with E-state index in [9.17, 15) is 10.1 Å². The van der Waals surface area contributed by atoms with Crippen molar-refractivity contribution < 1.29 is 4.79 Å². The molecule has 5 rings (SSSR count). The summed E-state index contributed by atoms with van der Waals surface area (Å²) in [6, 6.07) is 13.2. The quantitative estimate of drug-likeness (QED) is 0.730. The van der Waals surface area contributed by atoms with E-state index in [0.29, 0.717) is 17.2 Å². The number of aromatic nitrogens is 3. The van der Waals surface area contributed by atoms with Gasteiger partial charge < -0.3 is 4.90 Å². The number of urea groups is 1. The second-order valence-electron chi connectivity index (χ2n) is 7.01. The lowest BCUT2D eigenvalue weighted by molar-refractivity contribution is 0.254. The van der Waals surface area contributed by atoms with Gasteiger partial charge in [-0.25, -0.2) is 14.8 Å². The minimum atomic E-state index is -0.270. The number of rotatable bonds is 2. The first kappa shape index (κ1) is 17.1. The lowest BCUT2D eigenvalue weighted by Gasteiger charge is -2.35. The van der Waals surface area contributed by atoms with Gasteiger partial charge in [0.2, 0.25) is 0 Å². The van der Waals surface area contributed by atoms with Gasteiger partial charge in [0.1, 0.15) is 0 Å². The highest BCUT2D eigenvalue weighted by Crippen LogP contribution is 2.40. The van der Waals surface area contributed by atoms with Crippen molar-refractivity contribution in [2.75, 3.05) is 28.2 Å². The molecule has 1 fully saturated rings. The maximum atomic E-state index is 13.1. The van der Waals surface area contributed by atoms with Gasteiger partial charge in [0.05, 0.1) is 35.3 Å². The van der Waals surface area contributed by atoms with E-state index in [1.54, 1.807) is 23.2 Å². The SMILES string of the molecule is N#Cc1cccc(-c2ccc3c(n2)N(C(=O)Nc2cnccn2)[C@H]2CCN3C2)c1. The zero-order chi connectivity index (χ0) is 19.8. The lowest BCUT2D eigenvalue weighted by Crippen LogP contribution is -2.48. The van der Waals surface area contributed by atoms with Crippen LogP contribution in [0.25, 0.3) is 11.3 Å². The van der Waals surface area contributed by atoms with E-state index in [1.807, 2.05) is 24.3 Å². The number of hydrogen-bond acceptors (Lipinski definition) is 6. The van der Waals surface area contributed by atoms with Crippen molar-refractivity contribution >= 4 is 23.4 Å². The molecule has 1 N–H and O–H groups in total. The molecule has 1 aromatic carbocycles. The fourth-order valence-electron chi connectivity index (χ4n) is 3.91. The molecule has 4 heterocycles. The molecule has 2 aliphatic heterocycles. The second-order valence-corrected chi connectivity index (χ2v) is 7.01. The van der Waals surface area contributed by atoms with E-state index in [0.717, 1.165) is 36.5 Å². The number of hydrogen-bond donors (Lipinski definition) is 1. The maximum Gasteiger partial charge on any atom is 0.329 e. The van der Waals surface area contributed by atoms with Crippen LogP contribution in [0.3, 0.4) is 0 Å². The Balaban J connectivity index is 1.55. The Morgan fingerprint density at radius 1 is 1.24 bits per heavy atom. The standard InChI is InChI=1S/C21H17N7O/c22-11-14-2-1-3-15(10-14)17-4-5-18-20(25-17)28(16-6-9-27(18)13-16)21(29)26-19-12-23-7-8-24-19/h1-5,7-8,10,12,16H,6,9,13H2,(H,24,26,29)/t16-/m0/s1. The summed E-state index contributed by atoms with van der Waals surface area (Å²) in [5, 5.41) is 12.0. The number of amides is 2. The molecule has 2 amide bonds. The van der Waals surface area contributed by atoms with E-state index >= 15 is 0 Å². The molecule has 8 nitrogen and oxygen atoms in total.